The molecule has 4 rings (SSSR count). The first-order chi connectivity index (χ1) is 16.4. The second kappa shape index (κ2) is 10.4. The molecule has 9 heteroatoms. The van der Waals surface area contributed by atoms with E-state index in [1.165, 1.54) is 18.1 Å². The van der Waals surface area contributed by atoms with Crippen LogP contribution in [-0.2, 0) is 16.2 Å². The van der Waals surface area contributed by atoms with E-state index in [4.69, 9.17) is 33.3 Å². The maximum Gasteiger partial charge on any atom is 0.270 e. The van der Waals surface area contributed by atoms with E-state index in [0.717, 1.165) is 10.0 Å². The van der Waals surface area contributed by atoms with Gasteiger partial charge in [0.05, 0.1) is 17.8 Å². The van der Waals surface area contributed by atoms with Gasteiger partial charge in [-0.25, -0.2) is 0 Å². The van der Waals surface area contributed by atoms with Crippen LogP contribution >= 0.6 is 39.7 Å². The van der Waals surface area contributed by atoms with Crippen molar-refractivity contribution >= 4 is 68.4 Å². The molecule has 6 nitrogen and oxygen atoms in total. The number of hydrogen-bond acceptors (Lipinski definition) is 5. The third kappa shape index (κ3) is 5.14. The summed E-state index contributed by atoms with van der Waals surface area (Å²) in [5.41, 5.74) is 1.92. The van der Waals surface area contributed by atoms with E-state index in [1.54, 1.807) is 36.4 Å². The van der Waals surface area contributed by atoms with Crippen molar-refractivity contribution in [2.75, 3.05) is 12.0 Å². The minimum atomic E-state index is -0.590. The third-order valence-electron chi connectivity index (χ3n) is 4.98. The molecule has 1 saturated heterocycles. The molecular formula is C25H18BrClN2O4S. The fourth-order valence-electron chi connectivity index (χ4n) is 3.34. The molecule has 34 heavy (non-hydrogen) atoms. The van der Waals surface area contributed by atoms with Gasteiger partial charge in [-0.1, -0.05) is 57.9 Å². The molecule has 0 spiro atoms. The number of ether oxygens (including phenoxy) is 2. The van der Waals surface area contributed by atoms with Gasteiger partial charge in [-0.3, -0.25) is 19.8 Å². The Balaban J connectivity index is 1.63. The monoisotopic (exact) mass is 556 g/mol. The molecule has 0 unspecified atom stereocenters. The number of anilines is 1. The highest BCUT2D eigenvalue weighted by atomic mass is 79.9. The topological polar surface area (TPSA) is 67.9 Å². The van der Waals surface area contributed by atoms with Crippen LogP contribution in [0.1, 0.15) is 11.1 Å². The van der Waals surface area contributed by atoms with Gasteiger partial charge in [-0.05, 0) is 65.8 Å². The normalized spacial score (nSPS) is 14.9. The molecule has 2 amide bonds. The SMILES string of the molecule is COc1cc(/C=C2/C(=O)NC(=S)N(c3ccccc3)C2=O)cc(Cl)c1OCc1ccc(Br)cc1. The zero-order valence-electron chi connectivity index (χ0n) is 17.9. The second-order valence-electron chi connectivity index (χ2n) is 7.24. The highest BCUT2D eigenvalue weighted by molar-refractivity contribution is 9.10. The van der Waals surface area contributed by atoms with Gasteiger partial charge in [0.25, 0.3) is 11.8 Å². The number of nitrogens with one attached hydrogen (secondary N) is 1. The number of carbonyl (C=O) groups excluding carboxylic acids is 2. The number of para-hydroxylation sites is 1. The number of carbonyl (C=O) groups is 2. The molecule has 1 aliphatic heterocycles. The molecule has 0 saturated carbocycles. The van der Waals surface area contributed by atoms with Crippen LogP contribution in [0.2, 0.25) is 5.02 Å². The summed E-state index contributed by atoms with van der Waals surface area (Å²) in [4.78, 5) is 27.0. The van der Waals surface area contributed by atoms with Crippen LogP contribution in [0.3, 0.4) is 0 Å². The van der Waals surface area contributed by atoms with E-state index in [9.17, 15) is 9.59 Å². The van der Waals surface area contributed by atoms with Gasteiger partial charge in [0.2, 0.25) is 0 Å². The van der Waals surface area contributed by atoms with Crippen molar-refractivity contribution in [3.8, 4) is 11.5 Å². The number of nitrogens with zero attached hydrogens (tertiary/aromatic N) is 1. The first-order valence-corrected chi connectivity index (χ1v) is 11.7. The van der Waals surface area contributed by atoms with E-state index >= 15 is 0 Å². The zero-order chi connectivity index (χ0) is 24.2. The molecule has 0 aromatic heterocycles. The Kier molecular flexibility index (Phi) is 7.31. The summed E-state index contributed by atoms with van der Waals surface area (Å²) in [5.74, 6) is -0.394. The lowest BCUT2D eigenvalue weighted by Gasteiger charge is -2.28. The lowest BCUT2D eigenvalue weighted by atomic mass is 10.1. The van der Waals surface area contributed by atoms with Crippen molar-refractivity contribution in [2.24, 2.45) is 0 Å². The van der Waals surface area contributed by atoms with E-state index in [-0.39, 0.29) is 22.3 Å². The Morgan fingerprint density at radius 3 is 2.47 bits per heavy atom. The van der Waals surface area contributed by atoms with Crippen molar-refractivity contribution < 1.29 is 19.1 Å². The molecule has 3 aromatic rings. The van der Waals surface area contributed by atoms with Gasteiger partial charge in [0, 0.05) is 4.47 Å². The Morgan fingerprint density at radius 2 is 1.79 bits per heavy atom. The molecule has 172 valence electrons. The number of benzene rings is 3. The highest BCUT2D eigenvalue weighted by Gasteiger charge is 2.34. The van der Waals surface area contributed by atoms with E-state index in [0.29, 0.717) is 22.7 Å². The van der Waals surface area contributed by atoms with Crippen molar-refractivity contribution in [3.05, 3.63) is 92.9 Å². The zero-order valence-corrected chi connectivity index (χ0v) is 21.0. The van der Waals surface area contributed by atoms with Crippen molar-refractivity contribution in [1.82, 2.24) is 5.32 Å². The summed E-state index contributed by atoms with van der Waals surface area (Å²) in [6.45, 7) is 0.286. The first kappa shape index (κ1) is 23.9. The summed E-state index contributed by atoms with van der Waals surface area (Å²) in [6.07, 6.45) is 1.45. The highest BCUT2D eigenvalue weighted by Crippen LogP contribution is 2.38. The maximum atomic E-state index is 13.2. The van der Waals surface area contributed by atoms with Crippen LogP contribution in [0.4, 0.5) is 5.69 Å². The fourth-order valence-corrected chi connectivity index (χ4v) is 4.15. The molecule has 0 radical (unpaired) electrons. The van der Waals surface area contributed by atoms with Crippen molar-refractivity contribution in [1.29, 1.82) is 0 Å². The number of thiocarbonyl (C=S) groups is 1. The predicted molar refractivity (Wildman–Crippen MR) is 139 cm³/mol. The van der Waals surface area contributed by atoms with Crippen molar-refractivity contribution in [2.45, 2.75) is 6.61 Å². The molecular weight excluding hydrogens is 540 g/mol. The fraction of sp³-hybridized carbons (Fsp3) is 0.0800. The Hall–Kier alpha value is -3.20. The van der Waals surface area contributed by atoms with Gasteiger partial charge in [-0.15, -0.1) is 0 Å². The summed E-state index contributed by atoms with van der Waals surface area (Å²) >= 11 is 15.1. The lowest BCUT2D eigenvalue weighted by molar-refractivity contribution is -0.122. The van der Waals surface area contributed by atoms with Crippen LogP contribution in [0.15, 0.2) is 76.8 Å². The quantitative estimate of drug-likeness (QED) is 0.246. The van der Waals surface area contributed by atoms with Crippen LogP contribution in [0, 0.1) is 0 Å². The molecule has 1 N–H and O–H groups in total. The van der Waals surface area contributed by atoms with E-state index < -0.39 is 11.8 Å². The van der Waals surface area contributed by atoms with Crippen LogP contribution in [0.25, 0.3) is 6.08 Å². The largest absolute Gasteiger partial charge is 0.493 e. The van der Waals surface area contributed by atoms with Crippen LogP contribution < -0.4 is 19.7 Å². The molecule has 1 heterocycles. The average Bonchev–Trinajstić information content (AvgIpc) is 2.82. The summed E-state index contributed by atoms with van der Waals surface area (Å²) in [6, 6.07) is 19.8. The summed E-state index contributed by atoms with van der Waals surface area (Å²) < 4.78 is 12.3. The van der Waals surface area contributed by atoms with Crippen molar-refractivity contribution in [3.63, 3.8) is 0 Å². The molecule has 3 aromatic carbocycles. The van der Waals surface area contributed by atoms with Crippen LogP contribution in [0.5, 0.6) is 11.5 Å². The molecule has 0 atom stereocenters. The Labute approximate surface area is 215 Å². The Bertz CT molecular complexity index is 1300. The number of methoxy groups -OCH3 is 1. The van der Waals surface area contributed by atoms with Gasteiger partial charge in [0.1, 0.15) is 12.2 Å². The summed E-state index contributed by atoms with van der Waals surface area (Å²) in [5, 5.41) is 2.86. The number of hydrogen-bond donors (Lipinski definition) is 1. The second-order valence-corrected chi connectivity index (χ2v) is 8.95. The van der Waals surface area contributed by atoms with Gasteiger partial charge in [-0.2, -0.15) is 0 Å². The van der Waals surface area contributed by atoms with Gasteiger partial charge < -0.3 is 9.47 Å². The smallest absolute Gasteiger partial charge is 0.270 e. The number of amides is 2. The van der Waals surface area contributed by atoms with E-state index in [1.807, 2.05) is 30.3 Å². The minimum Gasteiger partial charge on any atom is -0.493 e. The average molecular weight is 558 g/mol. The van der Waals surface area contributed by atoms with E-state index in [2.05, 4.69) is 21.2 Å². The molecule has 1 fully saturated rings. The number of rotatable bonds is 6. The molecule has 0 aliphatic carbocycles. The summed E-state index contributed by atoms with van der Waals surface area (Å²) in [7, 11) is 1.49. The first-order valence-electron chi connectivity index (χ1n) is 10.1. The molecule has 0 bridgehead atoms. The third-order valence-corrected chi connectivity index (χ3v) is 6.07. The lowest BCUT2D eigenvalue weighted by Crippen LogP contribution is -2.54. The minimum absolute atomic E-state index is 0.0191. The number of halogens is 2. The molecule has 1 aliphatic rings. The van der Waals surface area contributed by atoms with Crippen LogP contribution in [-0.4, -0.2) is 24.0 Å². The van der Waals surface area contributed by atoms with Gasteiger partial charge >= 0.3 is 0 Å². The standard InChI is InChI=1S/C25H18BrClN2O4S/c1-32-21-13-16(12-20(27)22(21)33-14-15-7-9-17(26)10-8-15)11-19-23(30)28-25(34)29(24(19)31)18-5-3-2-4-6-18/h2-13H,14H2,1H3,(H,28,30,34)/b19-11-. The Morgan fingerprint density at radius 1 is 1.09 bits per heavy atom. The maximum absolute atomic E-state index is 13.2. The predicted octanol–water partition coefficient (Wildman–Crippen LogP) is 5.52. The van der Waals surface area contributed by atoms with Gasteiger partial charge in [0.15, 0.2) is 16.6 Å².